The second-order valence-corrected chi connectivity index (χ2v) is 8.32. The molecule has 0 bridgehead atoms. The molecule has 1 aliphatic rings. The van der Waals surface area contributed by atoms with Gasteiger partial charge in [0.15, 0.2) is 0 Å². The summed E-state index contributed by atoms with van der Waals surface area (Å²) in [5, 5.41) is 0. The van der Waals surface area contributed by atoms with E-state index in [1.807, 2.05) is 0 Å². The van der Waals surface area contributed by atoms with Crippen LogP contribution in [0.2, 0.25) is 0 Å². The Morgan fingerprint density at radius 1 is 1.33 bits per heavy atom. The summed E-state index contributed by atoms with van der Waals surface area (Å²) in [6, 6.07) is 5.91. The second kappa shape index (κ2) is 7.42. The Hall–Kier alpha value is -1.76. The van der Waals surface area contributed by atoms with E-state index in [2.05, 4.69) is 6.92 Å². The summed E-state index contributed by atoms with van der Waals surface area (Å²) >= 11 is 0. The number of carbonyl (C=O) groups excluding carboxylic acids is 1. The van der Waals surface area contributed by atoms with Crippen LogP contribution in [-0.4, -0.2) is 51.7 Å². The van der Waals surface area contributed by atoms with Crippen molar-refractivity contribution in [2.75, 3.05) is 30.8 Å². The zero-order chi connectivity index (χ0) is 17.9. The molecule has 0 aliphatic carbocycles. The van der Waals surface area contributed by atoms with Gasteiger partial charge in [-0.2, -0.15) is 0 Å². The maximum absolute atomic E-state index is 12.8. The van der Waals surface area contributed by atoms with Crippen LogP contribution in [0.15, 0.2) is 24.3 Å². The first-order valence-electron chi connectivity index (χ1n) is 8.16. The van der Waals surface area contributed by atoms with Crippen LogP contribution in [0.1, 0.15) is 26.7 Å². The Kier molecular flexibility index (Phi) is 5.74. The number of piperidine rings is 1. The van der Waals surface area contributed by atoms with E-state index in [-0.39, 0.29) is 5.91 Å². The molecule has 2 rings (SSSR count). The lowest BCUT2D eigenvalue weighted by molar-refractivity contribution is -0.133. The van der Waals surface area contributed by atoms with E-state index in [0.29, 0.717) is 30.4 Å². The van der Waals surface area contributed by atoms with Crippen molar-refractivity contribution >= 4 is 21.6 Å². The number of benzene rings is 1. The first-order valence-corrected chi connectivity index (χ1v) is 10.0. The number of likely N-dealkylation sites (tertiary alicyclic amines) is 1. The molecule has 1 aromatic rings. The molecular weight excluding hydrogens is 328 g/mol. The monoisotopic (exact) mass is 354 g/mol. The third-order valence-electron chi connectivity index (χ3n) is 4.36. The summed E-state index contributed by atoms with van der Waals surface area (Å²) in [5.41, 5.74) is 0.462. The van der Waals surface area contributed by atoms with Gasteiger partial charge in [-0.05, 0) is 49.9 Å². The van der Waals surface area contributed by atoms with Crippen LogP contribution >= 0.6 is 0 Å². The molecule has 0 unspecified atom stereocenters. The number of nitrogens with zero attached hydrogens (tertiary/aromatic N) is 2. The Balaban J connectivity index is 2.28. The molecule has 134 valence electrons. The van der Waals surface area contributed by atoms with Crippen molar-refractivity contribution in [3.05, 3.63) is 24.3 Å². The van der Waals surface area contributed by atoms with Crippen molar-refractivity contribution in [1.29, 1.82) is 0 Å². The van der Waals surface area contributed by atoms with Crippen LogP contribution in [0.25, 0.3) is 0 Å². The molecule has 2 atom stereocenters. The summed E-state index contributed by atoms with van der Waals surface area (Å²) in [4.78, 5) is 14.6. The number of sulfonamides is 1. The van der Waals surface area contributed by atoms with E-state index in [4.69, 9.17) is 4.74 Å². The predicted molar refractivity (Wildman–Crippen MR) is 94.8 cm³/mol. The summed E-state index contributed by atoms with van der Waals surface area (Å²) in [5.74, 6) is 0.932. The Bertz CT molecular complexity index is 672. The van der Waals surface area contributed by atoms with Crippen molar-refractivity contribution in [3.8, 4) is 5.75 Å². The van der Waals surface area contributed by atoms with Gasteiger partial charge in [0.25, 0.3) is 0 Å². The first kappa shape index (κ1) is 18.6. The maximum atomic E-state index is 12.8. The average molecular weight is 354 g/mol. The van der Waals surface area contributed by atoms with Crippen molar-refractivity contribution in [2.24, 2.45) is 5.92 Å². The van der Waals surface area contributed by atoms with Gasteiger partial charge in [0.05, 0.1) is 19.1 Å². The van der Waals surface area contributed by atoms with Gasteiger partial charge in [0.1, 0.15) is 11.8 Å². The molecule has 1 saturated heterocycles. The molecule has 1 aromatic carbocycles. The van der Waals surface area contributed by atoms with E-state index in [1.165, 1.54) is 4.31 Å². The molecule has 1 fully saturated rings. The minimum absolute atomic E-state index is 0.150. The van der Waals surface area contributed by atoms with Crippen LogP contribution in [0.5, 0.6) is 5.75 Å². The SMILES string of the molecule is COc1ccc(N([C@H](C)C(=O)N2CCC[C@@H](C)C2)S(C)(=O)=O)cc1. The number of rotatable bonds is 5. The van der Waals surface area contributed by atoms with Gasteiger partial charge in [-0.15, -0.1) is 0 Å². The highest BCUT2D eigenvalue weighted by Crippen LogP contribution is 2.25. The van der Waals surface area contributed by atoms with E-state index in [1.54, 1.807) is 43.2 Å². The lowest BCUT2D eigenvalue weighted by Gasteiger charge is -2.36. The van der Waals surface area contributed by atoms with E-state index < -0.39 is 16.1 Å². The zero-order valence-corrected chi connectivity index (χ0v) is 15.5. The highest BCUT2D eigenvalue weighted by atomic mass is 32.2. The maximum Gasteiger partial charge on any atom is 0.246 e. The van der Waals surface area contributed by atoms with Gasteiger partial charge in [-0.3, -0.25) is 9.10 Å². The van der Waals surface area contributed by atoms with Crippen molar-refractivity contribution in [2.45, 2.75) is 32.7 Å². The zero-order valence-electron chi connectivity index (χ0n) is 14.7. The third-order valence-corrected chi connectivity index (χ3v) is 5.60. The topological polar surface area (TPSA) is 66.9 Å². The number of hydrogen-bond donors (Lipinski definition) is 0. The molecule has 0 radical (unpaired) electrons. The standard InChI is InChI=1S/C17H26N2O4S/c1-13-6-5-11-18(12-13)17(20)14(2)19(24(4,21)22)15-7-9-16(23-3)10-8-15/h7-10,13-14H,5-6,11-12H2,1-4H3/t13-,14-/m1/s1. The van der Waals surface area contributed by atoms with Crippen molar-refractivity contribution < 1.29 is 17.9 Å². The summed E-state index contributed by atoms with van der Waals surface area (Å²) < 4.78 is 30.9. The Labute approximate surface area is 144 Å². The Morgan fingerprint density at radius 2 is 1.96 bits per heavy atom. The van der Waals surface area contributed by atoms with Gasteiger partial charge in [0, 0.05) is 13.1 Å². The number of methoxy groups -OCH3 is 1. The third kappa shape index (κ3) is 4.20. The first-order chi connectivity index (χ1) is 11.2. The number of hydrogen-bond acceptors (Lipinski definition) is 4. The molecule has 24 heavy (non-hydrogen) atoms. The normalized spacial score (nSPS) is 19.7. The quantitative estimate of drug-likeness (QED) is 0.812. The van der Waals surface area contributed by atoms with Crippen LogP contribution < -0.4 is 9.04 Å². The summed E-state index contributed by atoms with van der Waals surface area (Å²) in [7, 11) is -2.04. The molecule has 0 N–H and O–H groups in total. The van der Waals surface area contributed by atoms with Gasteiger partial charge < -0.3 is 9.64 Å². The largest absolute Gasteiger partial charge is 0.497 e. The average Bonchev–Trinajstić information content (AvgIpc) is 2.53. The smallest absolute Gasteiger partial charge is 0.246 e. The summed E-state index contributed by atoms with van der Waals surface area (Å²) in [6.07, 6.45) is 3.19. The molecule has 1 aliphatic heterocycles. The fourth-order valence-corrected chi connectivity index (χ4v) is 4.35. The van der Waals surface area contributed by atoms with Gasteiger partial charge in [0.2, 0.25) is 15.9 Å². The van der Waals surface area contributed by atoms with Gasteiger partial charge in [-0.1, -0.05) is 6.92 Å². The number of carbonyl (C=O) groups is 1. The fourth-order valence-electron chi connectivity index (χ4n) is 3.19. The summed E-state index contributed by atoms with van der Waals surface area (Å²) in [6.45, 7) is 5.13. The molecule has 0 spiro atoms. The highest BCUT2D eigenvalue weighted by molar-refractivity contribution is 7.92. The van der Waals surface area contributed by atoms with Crippen LogP contribution in [0.4, 0.5) is 5.69 Å². The molecule has 6 nitrogen and oxygen atoms in total. The molecule has 0 aromatic heterocycles. The van der Waals surface area contributed by atoms with Crippen LogP contribution in [-0.2, 0) is 14.8 Å². The van der Waals surface area contributed by atoms with E-state index in [0.717, 1.165) is 19.1 Å². The molecule has 7 heteroatoms. The van der Waals surface area contributed by atoms with Crippen molar-refractivity contribution in [3.63, 3.8) is 0 Å². The molecule has 1 amide bonds. The van der Waals surface area contributed by atoms with Crippen LogP contribution in [0.3, 0.4) is 0 Å². The lowest BCUT2D eigenvalue weighted by atomic mass is 10.00. The van der Waals surface area contributed by atoms with E-state index in [9.17, 15) is 13.2 Å². The van der Waals surface area contributed by atoms with Crippen molar-refractivity contribution in [1.82, 2.24) is 4.90 Å². The number of ether oxygens (including phenoxy) is 1. The van der Waals surface area contributed by atoms with Crippen LogP contribution in [0, 0.1) is 5.92 Å². The Morgan fingerprint density at radius 3 is 2.46 bits per heavy atom. The van der Waals surface area contributed by atoms with Gasteiger partial charge >= 0.3 is 0 Å². The minimum atomic E-state index is -3.59. The minimum Gasteiger partial charge on any atom is -0.497 e. The molecular formula is C17H26N2O4S. The number of amides is 1. The molecule has 0 saturated carbocycles. The van der Waals surface area contributed by atoms with Gasteiger partial charge in [-0.25, -0.2) is 8.42 Å². The fraction of sp³-hybridized carbons (Fsp3) is 0.588. The van der Waals surface area contributed by atoms with E-state index >= 15 is 0 Å². The predicted octanol–water partition coefficient (Wildman–Crippen LogP) is 2.11. The molecule has 1 heterocycles. The lowest BCUT2D eigenvalue weighted by Crippen LogP contribution is -2.51. The number of anilines is 1. The second-order valence-electron chi connectivity index (χ2n) is 6.46. The highest BCUT2D eigenvalue weighted by Gasteiger charge is 2.33.